The van der Waals surface area contributed by atoms with Gasteiger partial charge in [0.25, 0.3) is 0 Å². The Morgan fingerprint density at radius 1 is 1.59 bits per heavy atom. The summed E-state index contributed by atoms with van der Waals surface area (Å²) < 4.78 is 10.6. The largest absolute Gasteiger partial charge is 0.444 e. The van der Waals surface area contributed by atoms with E-state index in [1.807, 2.05) is 20.8 Å². The minimum Gasteiger partial charge on any atom is -0.444 e. The molecule has 0 spiro atoms. The summed E-state index contributed by atoms with van der Waals surface area (Å²) >= 11 is 0. The van der Waals surface area contributed by atoms with E-state index in [1.165, 1.54) is 0 Å². The quantitative estimate of drug-likeness (QED) is 0.776. The molecule has 7 nitrogen and oxygen atoms in total. The van der Waals surface area contributed by atoms with Crippen molar-refractivity contribution in [3.05, 3.63) is 11.8 Å². The van der Waals surface area contributed by atoms with Gasteiger partial charge < -0.3 is 14.8 Å². The SMILES string of the molecule is CC(NCc1cn[nH]c1NC(=O)OC(C)(C)C)C1CCOC1. The first-order valence-corrected chi connectivity index (χ1v) is 7.68. The normalized spacial score (nSPS) is 19.9. The Bertz CT molecular complexity index is 489. The van der Waals surface area contributed by atoms with Crippen LogP contribution in [0.4, 0.5) is 10.6 Å². The molecule has 1 aromatic heterocycles. The zero-order valence-electron chi connectivity index (χ0n) is 13.7. The van der Waals surface area contributed by atoms with Gasteiger partial charge in [0.2, 0.25) is 0 Å². The van der Waals surface area contributed by atoms with E-state index in [1.54, 1.807) is 6.20 Å². The number of nitrogens with one attached hydrogen (secondary N) is 3. The number of aromatic nitrogens is 2. The number of H-pyrrole nitrogens is 1. The summed E-state index contributed by atoms with van der Waals surface area (Å²) in [6, 6.07) is 0.353. The molecule has 1 saturated heterocycles. The topological polar surface area (TPSA) is 88.3 Å². The first-order valence-electron chi connectivity index (χ1n) is 7.68. The van der Waals surface area contributed by atoms with Gasteiger partial charge in [-0.15, -0.1) is 0 Å². The minimum absolute atomic E-state index is 0.353. The number of aromatic amines is 1. The summed E-state index contributed by atoms with van der Waals surface area (Å²) in [6.45, 7) is 9.91. The van der Waals surface area contributed by atoms with Crippen molar-refractivity contribution >= 4 is 11.9 Å². The molecule has 7 heteroatoms. The van der Waals surface area contributed by atoms with E-state index in [4.69, 9.17) is 9.47 Å². The van der Waals surface area contributed by atoms with Crippen molar-refractivity contribution in [2.24, 2.45) is 5.92 Å². The monoisotopic (exact) mass is 310 g/mol. The van der Waals surface area contributed by atoms with Crippen molar-refractivity contribution in [3.63, 3.8) is 0 Å². The molecular formula is C15H26N4O3. The van der Waals surface area contributed by atoms with Gasteiger partial charge in [-0.25, -0.2) is 4.79 Å². The summed E-state index contributed by atoms with van der Waals surface area (Å²) in [5, 5.41) is 12.9. The van der Waals surface area contributed by atoms with Crippen LogP contribution in [0, 0.1) is 5.92 Å². The first kappa shape index (κ1) is 16.8. The highest BCUT2D eigenvalue weighted by Gasteiger charge is 2.22. The maximum Gasteiger partial charge on any atom is 0.413 e. The highest BCUT2D eigenvalue weighted by Crippen LogP contribution is 2.18. The summed E-state index contributed by atoms with van der Waals surface area (Å²) in [4.78, 5) is 11.8. The number of amides is 1. The summed E-state index contributed by atoms with van der Waals surface area (Å²) in [5.41, 5.74) is 0.371. The van der Waals surface area contributed by atoms with Crippen molar-refractivity contribution in [2.45, 2.75) is 52.3 Å². The molecule has 1 fully saturated rings. The second-order valence-electron chi connectivity index (χ2n) is 6.69. The van der Waals surface area contributed by atoms with Crippen LogP contribution in [-0.2, 0) is 16.0 Å². The number of hydrogen-bond donors (Lipinski definition) is 3. The molecule has 22 heavy (non-hydrogen) atoms. The lowest BCUT2D eigenvalue weighted by molar-refractivity contribution is 0.0635. The van der Waals surface area contributed by atoms with Gasteiger partial charge in [0.05, 0.1) is 12.8 Å². The molecule has 2 atom stereocenters. The molecule has 124 valence electrons. The Kier molecular flexibility index (Phi) is 5.42. The fraction of sp³-hybridized carbons (Fsp3) is 0.733. The maximum atomic E-state index is 11.8. The zero-order chi connectivity index (χ0) is 16.2. The second-order valence-corrected chi connectivity index (χ2v) is 6.69. The van der Waals surface area contributed by atoms with E-state index in [0.29, 0.717) is 24.3 Å². The average Bonchev–Trinajstić information content (AvgIpc) is 3.04. The molecule has 1 amide bonds. The van der Waals surface area contributed by atoms with Crippen LogP contribution in [0.1, 0.15) is 39.7 Å². The van der Waals surface area contributed by atoms with Gasteiger partial charge in [0.1, 0.15) is 11.4 Å². The molecule has 0 radical (unpaired) electrons. The number of ether oxygens (including phenoxy) is 2. The van der Waals surface area contributed by atoms with E-state index in [0.717, 1.165) is 25.2 Å². The van der Waals surface area contributed by atoms with E-state index >= 15 is 0 Å². The summed E-state index contributed by atoms with van der Waals surface area (Å²) in [5.74, 6) is 1.10. The number of nitrogens with zero attached hydrogens (tertiary/aromatic N) is 1. The van der Waals surface area contributed by atoms with Crippen LogP contribution in [-0.4, -0.2) is 41.1 Å². The summed E-state index contributed by atoms with van der Waals surface area (Å²) in [7, 11) is 0. The smallest absolute Gasteiger partial charge is 0.413 e. The van der Waals surface area contributed by atoms with Crippen LogP contribution in [0.15, 0.2) is 6.20 Å². The zero-order valence-corrected chi connectivity index (χ0v) is 13.7. The highest BCUT2D eigenvalue weighted by atomic mass is 16.6. The van der Waals surface area contributed by atoms with Crippen molar-refractivity contribution < 1.29 is 14.3 Å². The van der Waals surface area contributed by atoms with Crippen molar-refractivity contribution in [3.8, 4) is 0 Å². The van der Waals surface area contributed by atoms with Crippen molar-refractivity contribution in [1.29, 1.82) is 0 Å². The van der Waals surface area contributed by atoms with Gasteiger partial charge in [-0.3, -0.25) is 10.4 Å². The van der Waals surface area contributed by atoms with Gasteiger partial charge in [0.15, 0.2) is 0 Å². The molecular weight excluding hydrogens is 284 g/mol. The molecule has 0 aromatic carbocycles. The lowest BCUT2D eigenvalue weighted by atomic mass is 10.0. The molecule has 2 heterocycles. The Morgan fingerprint density at radius 2 is 2.36 bits per heavy atom. The van der Waals surface area contributed by atoms with Crippen LogP contribution < -0.4 is 10.6 Å². The molecule has 1 aliphatic heterocycles. The number of carbonyl (C=O) groups excluding carboxylic acids is 1. The van der Waals surface area contributed by atoms with E-state index in [-0.39, 0.29) is 0 Å². The average molecular weight is 310 g/mol. The lowest BCUT2D eigenvalue weighted by Gasteiger charge is -2.20. The molecule has 0 bridgehead atoms. The molecule has 2 rings (SSSR count). The first-order chi connectivity index (χ1) is 10.3. The lowest BCUT2D eigenvalue weighted by Crippen LogP contribution is -2.33. The number of rotatable bonds is 5. The van der Waals surface area contributed by atoms with Gasteiger partial charge in [0, 0.05) is 24.8 Å². The third kappa shape index (κ3) is 4.99. The van der Waals surface area contributed by atoms with E-state index in [9.17, 15) is 4.79 Å². The number of anilines is 1. The van der Waals surface area contributed by atoms with Crippen LogP contribution in [0.2, 0.25) is 0 Å². The predicted molar refractivity (Wildman–Crippen MR) is 83.7 cm³/mol. The van der Waals surface area contributed by atoms with Gasteiger partial charge in [-0.1, -0.05) is 0 Å². The molecule has 1 aliphatic rings. The Hall–Kier alpha value is -1.60. The fourth-order valence-electron chi connectivity index (χ4n) is 2.34. The highest BCUT2D eigenvalue weighted by molar-refractivity contribution is 5.84. The molecule has 0 aliphatic carbocycles. The standard InChI is InChI=1S/C15H26N4O3/c1-10(11-5-6-21-9-11)16-7-12-8-17-19-13(12)18-14(20)22-15(2,3)4/h8,10-11,16H,5-7,9H2,1-4H3,(H2,17,18,19,20). The van der Waals surface area contributed by atoms with Crippen LogP contribution >= 0.6 is 0 Å². The van der Waals surface area contributed by atoms with Gasteiger partial charge in [-0.05, 0) is 40.0 Å². The van der Waals surface area contributed by atoms with Crippen LogP contribution in [0.25, 0.3) is 0 Å². The van der Waals surface area contributed by atoms with Crippen LogP contribution in [0.3, 0.4) is 0 Å². The third-order valence-electron chi connectivity index (χ3n) is 3.63. The third-order valence-corrected chi connectivity index (χ3v) is 3.63. The minimum atomic E-state index is -0.528. The van der Waals surface area contributed by atoms with E-state index < -0.39 is 11.7 Å². The van der Waals surface area contributed by atoms with Gasteiger partial charge >= 0.3 is 6.09 Å². The Labute approximate surface area is 131 Å². The van der Waals surface area contributed by atoms with E-state index in [2.05, 4.69) is 27.8 Å². The molecule has 2 unspecified atom stereocenters. The maximum absolute atomic E-state index is 11.8. The fourth-order valence-corrected chi connectivity index (χ4v) is 2.34. The number of hydrogen-bond acceptors (Lipinski definition) is 5. The Morgan fingerprint density at radius 3 is 3.00 bits per heavy atom. The Balaban J connectivity index is 1.85. The summed E-state index contributed by atoms with van der Waals surface area (Å²) in [6.07, 6.45) is 2.30. The van der Waals surface area contributed by atoms with Crippen LogP contribution in [0.5, 0.6) is 0 Å². The van der Waals surface area contributed by atoms with Crippen molar-refractivity contribution in [2.75, 3.05) is 18.5 Å². The molecule has 1 aromatic rings. The second kappa shape index (κ2) is 7.11. The molecule has 0 saturated carbocycles. The van der Waals surface area contributed by atoms with Gasteiger partial charge in [-0.2, -0.15) is 5.10 Å². The predicted octanol–water partition coefficient (Wildman–Crippen LogP) is 2.27. The molecule has 3 N–H and O–H groups in total. The number of carbonyl (C=O) groups is 1. The van der Waals surface area contributed by atoms with Crippen molar-refractivity contribution in [1.82, 2.24) is 15.5 Å².